The van der Waals surface area contributed by atoms with Gasteiger partial charge in [-0.2, -0.15) is 0 Å². The first-order valence-electron chi connectivity index (χ1n) is 8.33. The molecule has 2 saturated heterocycles. The minimum Gasteiger partial charge on any atom is -0.350 e. The summed E-state index contributed by atoms with van der Waals surface area (Å²) < 4.78 is 0. The number of nitrogens with one attached hydrogen (secondary N) is 2. The second-order valence-electron chi connectivity index (χ2n) is 6.33. The van der Waals surface area contributed by atoms with E-state index >= 15 is 0 Å². The summed E-state index contributed by atoms with van der Waals surface area (Å²) in [5, 5.41) is 7.15. The maximum absolute atomic E-state index is 12.8. The number of hydrogen-bond donors (Lipinski definition) is 2. The van der Waals surface area contributed by atoms with Gasteiger partial charge in [0.25, 0.3) is 5.91 Å². The van der Waals surface area contributed by atoms with Crippen LogP contribution >= 0.6 is 35.6 Å². The Balaban J connectivity index is 0.00000225. The Labute approximate surface area is 163 Å². The Bertz CT molecular complexity index is 636. The minimum absolute atomic E-state index is 0. The smallest absolute Gasteiger partial charge is 0.256 e. The maximum atomic E-state index is 12.8. The fourth-order valence-corrected chi connectivity index (χ4v) is 3.74. The molecule has 2 aliphatic heterocycles. The van der Waals surface area contributed by atoms with Crippen molar-refractivity contribution >= 4 is 47.4 Å². The lowest BCUT2D eigenvalue weighted by molar-refractivity contribution is -0.125. The number of halogens is 3. The molecule has 2 N–H and O–H groups in total. The lowest BCUT2D eigenvalue weighted by Crippen LogP contribution is -2.52. The summed E-state index contributed by atoms with van der Waals surface area (Å²) in [5.41, 5.74) is 0.350. The van der Waals surface area contributed by atoms with E-state index in [1.165, 1.54) is 0 Å². The van der Waals surface area contributed by atoms with Gasteiger partial charge >= 0.3 is 0 Å². The first kappa shape index (κ1) is 20.3. The summed E-state index contributed by atoms with van der Waals surface area (Å²) in [6.45, 7) is 2.34. The number of benzene rings is 1. The van der Waals surface area contributed by atoms with Crippen molar-refractivity contribution < 1.29 is 9.59 Å². The molecule has 0 bridgehead atoms. The zero-order chi connectivity index (χ0) is 17.1. The molecule has 0 saturated carbocycles. The Morgan fingerprint density at radius 1 is 1.20 bits per heavy atom. The van der Waals surface area contributed by atoms with Gasteiger partial charge in [0.15, 0.2) is 0 Å². The highest BCUT2D eigenvalue weighted by atomic mass is 35.5. The first-order chi connectivity index (χ1) is 11.6. The summed E-state index contributed by atoms with van der Waals surface area (Å²) in [6.07, 6.45) is 3.51. The second kappa shape index (κ2) is 9.08. The zero-order valence-electron chi connectivity index (χ0n) is 13.8. The number of likely N-dealkylation sites (tertiary alicyclic amines) is 1. The summed E-state index contributed by atoms with van der Waals surface area (Å²) in [7, 11) is 0. The second-order valence-corrected chi connectivity index (χ2v) is 7.18. The third-order valence-electron chi connectivity index (χ3n) is 4.62. The van der Waals surface area contributed by atoms with Crippen molar-refractivity contribution in [1.29, 1.82) is 0 Å². The summed E-state index contributed by atoms with van der Waals surface area (Å²) in [5.74, 6) is -0.311. The number of carbonyl (C=O) groups is 2. The van der Waals surface area contributed by atoms with Crippen LogP contribution in [0, 0.1) is 0 Å². The Morgan fingerprint density at radius 2 is 2.00 bits per heavy atom. The Morgan fingerprint density at radius 3 is 2.72 bits per heavy atom. The minimum atomic E-state index is -0.436. The van der Waals surface area contributed by atoms with E-state index in [0.29, 0.717) is 28.6 Å². The highest BCUT2D eigenvalue weighted by molar-refractivity contribution is 6.35. The molecule has 2 atom stereocenters. The fourth-order valence-electron chi connectivity index (χ4n) is 3.37. The number of rotatable bonds is 3. The van der Waals surface area contributed by atoms with Gasteiger partial charge in [0.2, 0.25) is 5.91 Å². The van der Waals surface area contributed by atoms with E-state index in [9.17, 15) is 9.59 Å². The molecule has 3 rings (SSSR count). The van der Waals surface area contributed by atoms with Crippen molar-refractivity contribution in [3.63, 3.8) is 0 Å². The van der Waals surface area contributed by atoms with Gasteiger partial charge in [-0.05, 0) is 50.4 Å². The molecule has 1 aromatic rings. The van der Waals surface area contributed by atoms with Crippen LogP contribution < -0.4 is 10.6 Å². The van der Waals surface area contributed by atoms with Crippen LogP contribution in [-0.4, -0.2) is 48.4 Å². The van der Waals surface area contributed by atoms with Gasteiger partial charge in [-0.15, -0.1) is 12.4 Å². The quantitative estimate of drug-likeness (QED) is 0.811. The highest BCUT2D eigenvalue weighted by Crippen LogP contribution is 2.26. The lowest BCUT2D eigenvalue weighted by atomic mass is 10.1. The number of nitrogens with zero attached hydrogens (tertiary/aromatic N) is 1. The molecule has 1 aromatic carbocycles. The number of hydrogen-bond acceptors (Lipinski definition) is 3. The van der Waals surface area contributed by atoms with Crippen LogP contribution in [0.25, 0.3) is 0 Å². The molecule has 2 unspecified atom stereocenters. The molecule has 8 heteroatoms. The van der Waals surface area contributed by atoms with Crippen molar-refractivity contribution in [1.82, 2.24) is 15.5 Å². The van der Waals surface area contributed by atoms with E-state index in [-0.39, 0.29) is 30.3 Å². The predicted molar refractivity (Wildman–Crippen MR) is 102 cm³/mol. The third kappa shape index (κ3) is 4.79. The molecule has 0 radical (unpaired) electrons. The zero-order valence-corrected chi connectivity index (χ0v) is 16.1. The molecule has 5 nitrogen and oxygen atoms in total. The average Bonchev–Trinajstić information content (AvgIpc) is 3.07. The predicted octanol–water partition coefficient (Wildman–Crippen LogP) is 2.89. The van der Waals surface area contributed by atoms with E-state index in [1.807, 2.05) is 0 Å². The van der Waals surface area contributed by atoms with E-state index in [4.69, 9.17) is 23.2 Å². The SMILES string of the molecule is Cl.O=C(NC1CCCNC1)C1CCCN1C(=O)c1cc(Cl)ccc1Cl. The number of amides is 2. The van der Waals surface area contributed by atoms with Gasteiger partial charge in [-0.3, -0.25) is 9.59 Å². The van der Waals surface area contributed by atoms with Gasteiger partial charge in [0.1, 0.15) is 6.04 Å². The van der Waals surface area contributed by atoms with Crippen LogP contribution in [0.2, 0.25) is 10.0 Å². The van der Waals surface area contributed by atoms with Crippen LogP contribution in [0.3, 0.4) is 0 Å². The van der Waals surface area contributed by atoms with Crippen molar-refractivity contribution in [3.05, 3.63) is 33.8 Å². The fraction of sp³-hybridized carbons (Fsp3) is 0.529. The van der Waals surface area contributed by atoms with Crippen molar-refractivity contribution in [3.8, 4) is 0 Å². The van der Waals surface area contributed by atoms with Crippen LogP contribution in [-0.2, 0) is 4.79 Å². The van der Waals surface area contributed by atoms with E-state index in [2.05, 4.69) is 10.6 Å². The molecule has 138 valence electrons. The summed E-state index contributed by atoms with van der Waals surface area (Å²) in [4.78, 5) is 27.1. The van der Waals surface area contributed by atoms with Gasteiger partial charge in [-0.25, -0.2) is 0 Å². The number of piperidine rings is 1. The average molecular weight is 407 g/mol. The van der Waals surface area contributed by atoms with E-state index in [0.717, 1.165) is 32.4 Å². The van der Waals surface area contributed by atoms with Gasteiger partial charge in [0.05, 0.1) is 10.6 Å². The molecular formula is C17H22Cl3N3O2. The van der Waals surface area contributed by atoms with Gasteiger partial charge in [-0.1, -0.05) is 23.2 Å². The van der Waals surface area contributed by atoms with Crippen LogP contribution in [0.5, 0.6) is 0 Å². The molecule has 25 heavy (non-hydrogen) atoms. The topological polar surface area (TPSA) is 61.4 Å². The highest BCUT2D eigenvalue weighted by Gasteiger charge is 2.36. The van der Waals surface area contributed by atoms with Crippen LogP contribution in [0.4, 0.5) is 0 Å². The van der Waals surface area contributed by atoms with E-state index in [1.54, 1.807) is 23.1 Å². The van der Waals surface area contributed by atoms with Crippen molar-refractivity contribution in [2.75, 3.05) is 19.6 Å². The monoisotopic (exact) mass is 405 g/mol. The molecular weight excluding hydrogens is 385 g/mol. The molecule has 2 heterocycles. The van der Waals surface area contributed by atoms with Crippen molar-refractivity contribution in [2.45, 2.75) is 37.8 Å². The first-order valence-corrected chi connectivity index (χ1v) is 9.09. The van der Waals surface area contributed by atoms with Crippen LogP contribution in [0.15, 0.2) is 18.2 Å². The Kier molecular flexibility index (Phi) is 7.37. The number of carbonyl (C=O) groups excluding carboxylic acids is 2. The largest absolute Gasteiger partial charge is 0.350 e. The summed E-state index contributed by atoms with van der Waals surface area (Å²) in [6, 6.07) is 4.51. The molecule has 2 aliphatic rings. The van der Waals surface area contributed by atoms with Gasteiger partial charge < -0.3 is 15.5 Å². The standard InChI is InChI=1S/C17H21Cl2N3O2.ClH/c18-11-5-6-14(19)13(9-11)17(24)22-8-2-4-15(22)16(23)21-12-3-1-7-20-10-12;/h5-6,9,12,15,20H,1-4,7-8,10H2,(H,21,23);1H. The normalized spacial score (nSPS) is 23.0. The molecule has 0 aliphatic carbocycles. The Hall–Kier alpha value is -1.01. The van der Waals surface area contributed by atoms with Crippen molar-refractivity contribution in [2.24, 2.45) is 0 Å². The molecule has 2 fully saturated rings. The third-order valence-corrected chi connectivity index (χ3v) is 5.18. The summed E-state index contributed by atoms with van der Waals surface area (Å²) >= 11 is 12.1. The molecule has 2 amide bonds. The van der Waals surface area contributed by atoms with E-state index < -0.39 is 6.04 Å². The lowest BCUT2D eigenvalue weighted by Gasteiger charge is -2.29. The molecule has 0 spiro atoms. The maximum Gasteiger partial charge on any atom is 0.256 e. The van der Waals surface area contributed by atoms with Gasteiger partial charge in [0, 0.05) is 24.2 Å². The molecule has 0 aromatic heterocycles. The van der Waals surface area contributed by atoms with Crippen LogP contribution in [0.1, 0.15) is 36.0 Å².